The van der Waals surface area contributed by atoms with Crippen LogP contribution in [0.2, 0.25) is 0 Å². The lowest BCUT2D eigenvalue weighted by Gasteiger charge is -2.06. The molecule has 0 saturated heterocycles. The molecule has 0 radical (unpaired) electrons. The van der Waals surface area contributed by atoms with Crippen LogP contribution in [0.1, 0.15) is 5.56 Å². The Morgan fingerprint density at radius 2 is 2.05 bits per heavy atom. The fourth-order valence-electron chi connectivity index (χ4n) is 1.77. The zero-order valence-corrected chi connectivity index (χ0v) is 11.7. The van der Waals surface area contributed by atoms with E-state index >= 15 is 0 Å². The van der Waals surface area contributed by atoms with E-state index in [9.17, 15) is 15.2 Å². The van der Waals surface area contributed by atoms with Crippen LogP contribution in [0.5, 0.6) is 5.75 Å². The molecule has 20 heavy (non-hydrogen) atoms. The minimum absolute atomic E-state index is 0.0582. The Balaban J connectivity index is 2.16. The Morgan fingerprint density at radius 3 is 2.70 bits per heavy atom. The molecule has 0 aliphatic rings. The molecule has 2 N–H and O–H groups in total. The smallest absolute Gasteiger partial charge is 0.292 e. The molecule has 0 aliphatic carbocycles. The van der Waals surface area contributed by atoms with E-state index < -0.39 is 4.92 Å². The van der Waals surface area contributed by atoms with E-state index in [1.807, 2.05) is 18.2 Å². The van der Waals surface area contributed by atoms with Crippen molar-refractivity contribution in [1.82, 2.24) is 0 Å². The van der Waals surface area contributed by atoms with Gasteiger partial charge in [0, 0.05) is 23.8 Å². The molecule has 0 unspecified atom stereocenters. The van der Waals surface area contributed by atoms with E-state index in [0.717, 1.165) is 10.5 Å². The van der Waals surface area contributed by atoms with Crippen LogP contribution in [-0.2, 0) is 5.75 Å². The van der Waals surface area contributed by atoms with Gasteiger partial charge in [-0.15, -0.1) is 11.8 Å². The average molecular weight is 290 g/mol. The highest BCUT2D eigenvalue weighted by Gasteiger charge is 2.13. The number of hydrogen-bond acceptors (Lipinski definition) is 5. The number of nitro benzene ring substituents is 1. The number of phenols is 1. The zero-order chi connectivity index (χ0) is 14.5. The van der Waals surface area contributed by atoms with Crippen molar-refractivity contribution in [2.75, 3.05) is 12.4 Å². The van der Waals surface area contributed by atoms with E-state index in [2.05, 4.69) is 5.32 Å². The lowest BCUT2D eigenvalue weighted by molar-refractivity contribution is -0.384. The molecule has 2 aromatic carbocycles. The van der Waals surface area contributed by atoms with Gasteiger partial charge < -0.3 is 10.4 Å². The van der Waals surface area contributed by atoms with Gasteiger partial charge in [0.15, 0.2) is 0 Å². The summed E-state index contributed by atoms with van der Waals surface area (Å²) in [6.07, 6.45) is 0. The van der Waals surface area contributed by atoms with Crippen molar-refractivity contribution in [3.8, 4) is 5.75 Å². The second-order valence-corrected chi connectivity index (χ2v) is 5.13. The number of thioether (sulfide) groups is 1. The minimum atomic E-state index is -0.403. The fraction of sp³-hybridized carbons (Fsp3) is 0.143. The summed E-state index contributed by atoms with van der Waals surface area (Å²) in [5.41, 5.74) is 1.39. The second-order valence-electron chi connectivity index (χ2n) is 4.12. The van der Waals surface area contributed by atoms with E-state index in [1.165, 1.54) is 11.8 Å². The van der Waals surface area contributed by atoms with Crippen molar-refractivity contribution in [2.45, 2.75) is 10.6 Å². The Bertz CT molecular complexity index is 632. The van der Waals surface area contributed by atoms with E-state index in [-0.39, 0.29) is 11.4 Å². The van der Waals surface area contributed by atoms with Gasteiger partial charge in [-0.3, -0.25) is 10.1 Å². The van der Waals surface area contributed by atoms with E-state index in [0.29, 0.717) is 11.4 Å². The van der Waals surface area contributed by atoms with E-state index in [1.54, 1.807) is 31.3 Å². The maximum atomic E-state index is 11.0. The summed E-state index contributed by atoms with van der Waals surface area (Å²) in [6.45, 7) is 0. The Labute approximate surface area is 120 Å². The van der Waals surface area contributed by atoms with Crippen molar-refractivity contribution in [1.29, 1.82) is 0 Å². The van der Waals surface area contributed by atoms with Crippen molar-refractivity contribution in [3.63, 3.8) is 0 Å². The number of nitro groups is 1. The number of hydrogen-bond donors (Lipinski definition) is 2. The van der Waals surface area contributed by atoms with Gasteiger partial charge in [0.2, 0.25) is 0 Å². The first-order valence-electron chi connectivity index (χ1n) is 5.97. The minimum Gasteiger partial charge on any atom is -0.507 e. The maximum Gasteiger partial charge on any atom is 0.292 e. The molecule has 0 aromatic heterocycles. The summed E-state index contributed by atoms with van der Waals surface area (Å²) in [5, 5.41) is 23.5. The largest absolute Gasteiger partial charge is 0.507 e. The van der Waals surface area contributed by atoms with E-state index in [4.69, 9.17) is 0 Å². The summed E-state index contributed by atoms with van der Waals surface area (Å²) in [4.78, 5) is 11.3. The molecule has 2 rings (SSSR count). The van der Waals surface area contributed by atoms with Crippen LogP contribution in [0.25, 0.3) is 0 Å². The predicted molar refractivity (Wildman–Crippen MR) is 80.3 cm³/mol. The van der Waals surface area contributed by atoms with Crippen LogP contribution in [0.3, 0.4) is 0 Å². The molecular weight excluding hydrogens is 276 g/mol. The topological polar surface area (TPSA) is 75.4 Å². The number of nitrogens with zero attached hydrogens (tertiary/aromatic N) is 1. The molecule has 0 saturated carbocycles. The first-order valence-corrected chi connectivity index (χ1v) is 6.96. The Morgan fingerprint density at radius 1 is 1.30 bits per heavy atom. The van der Waals surface area contributed by atoms with Crippen LogP contribution in [0, 0.1) is 10.1 Å². The quantitative estimate of drug-likeness (QED) is 0.499. The number of para-hydroxylation sites is 1. The molecule has 0 amide bonds. The highest BCUT2D eigenvalue weighted by Crippen LogP contribution is 2.32. The van der Waals surface area contributed by atoms with Crippen LogP contribution in [0.4, 0.5) is 11.4 Å². The SMILES string of the molecule is CNc1ccc(CSc2ccccc2O)cc1[N+](=O)[O-]. The summed E-state index contributed by atoms with van der Waals surface area (Å²) in [6, 6.07) is 12.1. The van der Waals surface area contributed by atoms with Gasteiger partial charge >= 0.3 is 0 Å². The summed E-state index contributed by atoms with van der Waals surface area (Å²) in [7, 11) is 1.65. The third-order valence-electron chi connectivity index (χ3n) is 2.79. The van der Waals surface area contributed by atoms with Crippen molar-refractivity contribution in [3.05, 3.63) is 58.1 Å². The molecule has 0 spiro atoms. The van der Waals surface area contributed by atoms with Crippen LogP contribution in [-0.4, -0.2) is 17.1 Å². The number of phenolic OH excluding ortho intramolecular Hbond substituents is 1. The van der Waals surface area contributed by atoms with Crippen molar-refractivity contribution < 1.29 is 10.0 Å². The number of rotatable bonds is 5. The standard InChI is InChI=1S/C14H14N2O3S/c1-15-11-7-6-10(8-12(11)16(18)19)9-20-14-5-3-2-4-13(14)17/h2-8,15,17H,9H2,1H3. The van der Waals surface area contributed by atoms with Crippen molar-refractivity contribution >= 4 is 23.1 Å². The number of anilines is 1. The van der Waals surface area contributed by atoms with Gasteiger partial charge in [0.05, 0.1) is 4.92 Å². The average Bonchev–Trinajstić information content (AvgIpc) is 2.46. The van der Waals surface area contributed by atoms with Gasteiger partial charge in [-0.25, -0.2) is 0 Å². The molecule has 0 aliphatic heterocycles. The van der Waals surface area contributed by atoms with Gasteiger partial charge in [-0.1, -0.05) is 18.2 Å². The first kappa shape index (κ1) is 14.2. The lowest BCUT2D eigenvalue weighted by atomic mass is 10.2. The Kier molecular flexibility index (Phi) is 4.47. The first-order chi connectivity index (χ1) is 9.61. The van der Waals surface area contributed by atoms with Gasteiger partial charge in [-0.05, 0) is 23.8 Å². The molecule has 6 heteroatoms. The molecule has 0 heterocycles. The monoisotopic (exact) mass is 290 g/mol. The molecule has 104 valence electrons. The summed E-state index contributed by atoms with van der Waals surface area (Å²) < 4.78 is 0. The molecule has 0 bridgehead atoms. The molecule has 0 atom stereocenters. The lowest BCUT2D eigenvalue weighted by Crippen LogP contribution is -1.97. The molecule has 2 aromatic rings. The third-order valence-corrected chi connectivity index (χ3v) is 3.92. The fourth-order valence-corrected chi connectivity index (χ4v) is 2.66. The van der Waals surface area contributed by atoms with Gasteiger partial charge in [0.25, 0.3) is 5.69 Å². The van der Waals surface area contributed by atoms with Crippen LogP contribution < -0.4 is 5.32 Å². The molecule has 5 nitrogen and oxygen atoms in total. The molecular formula is C14H14N2O3S. The van der Waals surface area contributed by atoms with Crippen LogP contribution in [0.15, 0.2) is 47.4 Å². The highest BCUT2D eigenvalue weighted by atomic mass is 32.2. The maximum absolute atomic E-state index is 11.0. The number of benzene rings is 2. The predicted octanol–water partition coefficient (Wildman–Crippen LogP) is 3.63. The van der Waals surface area contributed by atoms with Gasteiger partial charge in [0.1, 0.15) is 11.4 Å². The van der Waals surface area contributed by atoms with Crippen molar-refractivity contribution in [2.24, 2.45) is 0 Å². The molecule has 0 fully saturated rings. The Hall–Kier alpha value is -2.21. The number of aromatic hydroxyl groups is 1. The highest BCUT2D eigenvalue weighted by molar-refractivity contribution is 7.98. The third kappa shape index (κ3) is 3.21. The number of nitrogens with one attached hydrogen (secondary N) is 1. The zero-order valence-electron chi connectivity index (χ0n) is 10.9. The summed E-state index contributed by atoms with van der Waals surface area (Å²) >= 11 is 1.44. The normalized spacial score (nSPS) is 10.2. The van der Waals surface area contributed by atoms with Crippen LogP contribution >= 0.6 is 11.8 Å². The van der Waals surface area contributed by atoms with Gasteiger partial charge in [-0.2, -0.15) is 0 Å². The summed E-state index contributed by atoms with van der Waals surface area (Å²) in [5.74, 6) is 0.779. The second kappa shape index (κ2) is 6.29.